The Labute approximate surface area is 161 Å². The number of alkyl halides is 3. The molecule has 0 atom stereocenters. The first-order chi connectivity index (χ1) is 13.2. The predicted octanol–water partition coefficient (Wildman–Crippen LogP) is 3.17. The molecular weight excluding hydrogens is 375 g/mol. The normalized spacial score (nSPS) is 19.7. The molecule has 1 N–H and O–H groups in total. The maximum Gasteiger partial charge on any atom is 0.416 e. The minimum atomic E-state index is -4.42. The van der Waals surface area contributed by atoms with Gasteiger partial charge in [0.1, 0.15) is 5.82 Å². The van der Waals surface area contributed by atoms with E-state index in [-0.39, 0.29) is 24.6 Å². The maximum absolute atomic E-state index is 12.9. The van der Waals surface area contributed by atoms with Crippen LogP contribution in [0.15, 0.2) is 18.3 Å². The van der Waals surface area contributed by atoms with Gasteiger partial charge in [-0.2, -0.15) is 13.2 Å². The highest BCUT2D eigenvalue weighted by Crippen LogP contribution is 2.44. The molecule has 0 spiro atoms. The minimum absolute atomic E-state index is 0.00681. The largest absolute Gasteiger partial charge is 0.481 e. The molecule has 9 heteroatoms. The fraction of sp³-hybridized carbons (Fsp3) is 0.632. The van der Waals surface area contributed by atoms with Crippen molar-refractivity contribution in [3.8, 4) is 0 Å². The SMILES string of the molecule is O=C(O)CC1(CC(=O)N2CCN(c3cc(C(F)(F)F)ccn3)CC2)CCCC1. The van der Waals surface area contributed by atoms with Crippen molar-refractivity contribution >= 4 is 17.7 Å². The second-order valence-electron chi connectivity index (χ2n) is 7.72. The molecule has 3 rings (SSSR count). The quantitative estimate of drug-likeness (QED) is 0.823. The fourth-order valence-corrected chi connectivity index (χ4v) is 4.25. The maximum atomic E-state index is 12.9. The summed E-state index contributed by atoms with van der Waals surface area (Å²) in [6, 6.07) is 1.96. The zero-order chi connectivity index (χ0) is 20.4. The third-order valence-electron chi connectivity index (χ3n) is 5.75. The summed E-state index contributed by atoms with van der Waals surface area (Å²) in [5, 5.41) is 9.18. The first-order valence-electron chi connectivity index (χ1n) is 9.46. The number of aromatic nitrogens is 1. The van der Waals surface area contributed by atoms with E-state index in [2.05, 4.69) is 4.98 Å². The van der Waals surface area contributed by atoms with Gasteiger partial charge in [0.2, 0.25) is 5.91 Å². The number of carbonyl (C=O) groups is 2. The lowest BCUT2D eigenvalue weighted by atomic mass is 9.79. The van der Waals surface area contributed by atoms with Crippen LogP contribution in [0.3, 0.4) is 0 Å². The van der Waals surface area contributed by atoms with Crippen LogP contribution in [-0.4, -0.2) is 53.0 Å². The summed E-state index contributed by atoms with van der Waals surface area (Å²) in [4.78, 5) is 31.4. The first kappa shape index (κ1) is 20.4. The molecule has 1 aliphatic heterocycles. The number of halogens is 3. The van der Waals surface area contributed by atoms with E-state index in [0.29, 0.717) is 26.2 Å². The number of hydrogen-bond donors (Lipinski definition) is 1. The third-order valence-corrected chi connectivity index (χ3v) is 5.75. The van der Waals surface area contributed by atoms with E-state index in [4.69, 9.17) is 0 Å². The van der Waals surface area contributed by atoms with Crippen LogP contribution in [0.5, 0.6) is 0 Å². The number of carboxylic acids is 1. The Morgan fingerprint density at radius 2 is 1.75 bits per heavy atom. The van der Waals surface area contributed by atoms with E-state index in [9.17, 15) is 27.9 Å². The number of carbonyl (C=O) groups excluding carboxylic acids is 1. The molecule has 6 nitrogen and oxygen atoms in total. The zero-order valence-corrected chi connectivity index (χ0v) is 15.5. The summed E-state index contributed by atoms with van der Waals surface area (Å²) in [6.07, 6.45) is 0.331. The molecule has 1 aromatic rings. The summed E-state index contributed by atoms with van der Waals surface area (Å²) >= 11 is 0. The number of pyridine rings is 1. The second-order valence-corrected chi connectivity index (χ2v) is 7.72. The van der Waals surface area contributed by atoms with Gasteiger partial charge in [0.15, 0.2) is 0 Å². The summed E-state index contributed by atoms with van der Waals surface area (Å²) in [5.41, 5.74) is -1.20. The molecule has 1 aromatic heterocycles. The van der Waals surface area contributed by atoms with Crippen LogP contribution >= 0.6 is 0 Å². The Morgan fingerprint density at radius 1 is 1.11 bits per heavy atom. The van der Waals surface area contributed by atoms with Gasteiger partial charge >= 0.3 is 12.1 Å². The van der Waals surface area contributed by atoms with Crippen LogP contribution in [-0.2, 0) is 15.8 Å². The zero-order valence-electron chi connectivity index (χ0n) is 15.5. The number of nitrogens with zero attached hydrogens (tertiary/aromatic N) is 3. The molecule has 0 radical (unpaired) electrons. The number of piperazine rings is 1. The number of hydrogen-bond acceptors (Lipinski definition) is 4. The van der Waals surface area contributed by atoms with E-state index < -0.39 is 23.1 Å². The number of rotatable bonds is 5. The standard InChI is InChI=1S/C19H24F3N3O3/c20-19(21,22)14-3-6-23-15(11-14)24-7-9-25(10-8-24)16(26)12-18(13-17(27)28)4-1-2-5-18/h3,6,11H,1-2,4-5,7-10,12-13H2,(H,27,28). The van der Waals surface area contributed by atoms with Gasteiger partial charge in [0.05, 0.1) is 12.0 Å². The molecule has 2 heterocycles. The molecule has 1 saturated carbocycles. The van der Waals surface area contributed by atoms with Crippen LogP contribution in [0, 0.1) is 5.41 Å². The minimum Gasteiger partial charge on any atom is -0.481 e. The molecule has 154 valence electrons. The lowest BCUT2D eigenvalue weighted by molar-refractivity contribution is -0.141. The molecule has 2 aliphatic rings. The van der Waals surface area contributed by atoms with Crippen molar-refractivity contribution in [1.82, 2.24) is 9.88 Å². The molecule has 0 bridgehead atoms. The number of anilines is 1. The van der Waals surface area contributed by atoms with E-state index in [1.807, 2.05) is 0 Å². The summed E-state index contributed by atoms with van der Waals surface area (Å²) in [5.74, 6) is -0.699. The van der Waals surface area contributed by atoms with Gasteiger partial charge in [-0.1, -0.05) is 12.8 Å². The van der Waals surface area contributed by atoms with Crippen molar-refractivity contribution in [2.24, 2.45) is 5.41 Å². The Bertz CT molecular complexity index is 725. The molecule has 0 aromatic carbocycles. The number of aliphatic carboxylic acids is 1. The van der Waals surface area contributed by atoms with E-state index in [0.717, 1.165) is 44.0 Å². The highest BCUT2D eigenvalue weighted by Gasteiger charge is 2.39. The predicted molar refractivity (Wildman–Crippen MR) is 95.8 cm³/mol. The average Bonchev–Trinajstić information content (AvgIpc) is 3.08. The highest BCUT2D eigenvalue weighted by atomic mass is 19.4. The summed E-state index contributed by atoms with van der Waals surface area (Å²) < 4.78 is 38.6. The van der Waals surface area contributed by atoms with Crippen molar-refractivity contribution in [2.75, 3.05) is 31.1 Å². The smallest absolute Gasteiger partial charge is 0.416 e. The molecule has 28 heavy (non-hydrogen) atoms. The molecule has 1 saturated heterocycles. The monoisotopic (exact) mass is 399 g/mol. The van der Waals surface area contributed by atoms with Gasteiger partial charge in [-0.15, -0.1) is 0 Å². The Kier molecular flexibility index (Phi) is 5.81. The van der Waals surface area contributed by atoms with Crippen molar-refractivity contribution in [3.63, 3.8) is 0 Å². The molecule has 0 unspecified atom stereocenters. The Morgan fingerprint density at radius 3 is 2.32 bits per heavy atom. The van der Waals surface area contributed by atoms with Crippen molar-refractivity contribution in [1.29, 1.82) is 0 Å². The third kappa shape index (κ3) is 4.74. The van der Waals surface area contributed by atoms with Crippen LogP contribution in [0.25, 0.3) is 0 Å². The Hall–Kier alpha value is -2.32. The van der Waals surface area contributed by atoms with Gasteiger partial charge < -0.3 is 14.9 Å². The van der Waals surface area contributed by atoms with E-state index in [1.54, 1.807) is 9.80 Å². The summed E-state index contributed by atoms with van der Waals surface area (Å²) in [6.45, 7) is 1.57. The molecule has 1 amide bonds. The van der Waals surface area contributed by atoms with Crippen LogP contribution in [0.1, 0.15) is 44.1 Å². The first-order valence-corrected chi connectivity index (χ1v) is 9.46. The van der Waals surface area contributed by atoms with Gasteiger partial charge in [0, 0.05) is 38.8 Å². The van der Waals surface area contributed by atoms with Crippen LogP contribution in [0.2, 0.25) is 0 Å². The van der Waals surface area contributed by atoms with Gasteiger partial charge in [0.25, 0.3) is 0 Å². The number of carboxylic acid groups (broad SMARTS) is 1. The molecule has 1 aliphatic carbocycles. The van der Waals surface area contributed by atoms with Gasteiger partial charge in [-0.3, -0.25) is 9.59 Å². The second kappa shape index (κ2) is 7.97. The van der Waals surface area contributed by atoms with Gasteiger partial charge in [-0.25, -0.2) is 4.98 Å². The van der Waals surface area contributed by atoms with Gasteiger partial charge in [-0.05, 0) is 30.4 Å². The average molecular weight is 399 g/mol. The lowest BCUT2D eigenvalue weighted by Crippen LogP contribution is -2.50. The van der Waals surface area contributed by atoms with Crippen LogP contribution < -0.4 is 4.90 Å². The van der Waals surface area contributed by atoms with Crippen molar-refractivity contribution in [3.05, 3.63) is 23.9 Å². The van der Waals surface area contributed by atoms with Crippen LogP contribution in [0.4, 0.5) is 19.0 Å². The Balaban J connectivity index is 1.59. The van der Waals surface area contributed by atoms with E-state index in [1.165, 1.54) is 0 Å². The van der Waals surface area contributed by atoms with E-state index >= 15 is 0 Å². The fourth-order valence-electron chi connectivity index (χ4n) is 4.25. The summed E-state index contributed by atoms with van der Waals surface area (Å²) in [7, 11) is 0. The topological polar surface area (TPSA) is 73.7 Å². The number of amides is 1. The highest BCUT2D eigenvalue weighted by molar-refractivity contribution is 5.78. The molecular formula is C19H24F3N3O3. The van der Waals surface area contributed by atoms with Crippen molar-refractivity contribution < 1.29 is 27.9 Å². The van der Waals surface area contributed by atoms with Crippen molar-refractivity contribution in [2.45, 2.75) is 44.7 Å². The lowest BCUT2D eigenvalue weighted by Gasteiger charge is -2.37. The molecule has 2 fully saturated rings.